The molecule has 0 atom stereocenters. The summed E-state index contributed by atoms with van der Waals surface area (Å²) >= 11 is 6.52. The van der Waals surface area contributed by atoms with E-state index in [9.17, 15) is 14.0 Å². The molecule has 38 heavy (non-hydrogen) atoms. The molecular weight excluding hydrogens is 503 g/mol. The van der Waals surface area contributed by atoms with Gasteiger partial charge in [-0.25, -0.2) is 13.9 Å². The zero-order valence-corrected chi connectivity index (χ0v) is 22.1. The van der Waals surface area contributed by atoms with E-state index in [0.29, 0.717) is 35.2 Å². The minimum absolute atomic E-state index is 0.0561. The predicted molar refractivity (Wildman–Crippen MR) is 150 cm³/mol. The number of unbranched alkanes of at least 4 members (excludes halogenated alkanes) is 1. The maximum absolute atomic E-state index is 13.9. The van der Waals surface area contributed by atoms with Gasteiger partial charge < -0.3 is 4.74 Å². The van der Waals surface area contributed by atoms with Crippen molar-refractivity contribution in [1.82, 2.24) is 9.78 Å². The van der Waals surface area contributed by atoms with E-state index < -0.39 is 11.8 Å². The fourth-order valence-corrected chi connectivity index (χ4v) is 4.74. The van der Waals surface area contributed by atoms with Crippen molar-refractivity contribution in [3.63, 3.8) is 0 Å². The van der Waals surface area contributed by atoms with Gasteiger partial charge in [-0.15, -0.1) is 0 Å². The predicted octanol–water partition coefficient (Wildman–Crippen LogP) is 8.12. The maximum Gasteiger partial charge on any atom is 0.335 e. The number of para-hydroxylation sites is 1. The van der Waals surface area contributed by atoms with Crippen molar-refractivity contribution in [2.45, 2.75) is 39.5 Å². The highest BCUT2D eigenvalue weighted by molar-refractivity contribution is 6.32. The molecule has 0 aliphatic rings. The van der Waals surface area contributed by atoms with Crippen molar-refractivity contribution in [3.05, 3.63) is 107 Å². The van der Waals surface area contributed by atoms with Gasteiger partial charge in [0.1, 0.15) is 11.6 Å². The Labute approximate surface area is 226 Å². The summed E-state index contributed by atoms with van der Waals surface area (Å²) in [5.41, 5.74) is 4.44. The molecule has 3 aromatic carbocycles. The van der Waals surface area contributed by atoms with E-state index in [1.165, 1.54) is 16.8 Å². The Hall–Kier alpha value is -4.03. The molecule has 0 fully saturated rings. The molecule has 0 aliphatic carbocycles. The van der Waals surface area contributed by atoms with Gasteiger partial charge in [0.15, 0.2) is 0 Å². The molecule has 194 valence electrons. The molecule has 0 radical (unpaired) electrons. The quantitative estimate of drug-likeness (QED) is 0.0948. The van der Waals surface area contributed by atoms with E-state index >= 15 is 0 Å². The highest BCUT2D eigenvalue weighted by Crippen LogP contribution is 2.41. The Balaban J connectivity index is 1.97. The zero-order valence-electron chi connectivity index (χ0n) is 21.3. The standard InChI is InChI=1S/C31H28ClFN2O3/c1-4-7-12-29(36)35-27-16-13-20(17-21(27)19-34-35)31(23(5-2)24-15-14-22(33)18-26(24)32)25-10-8-9-11-28(25)38-30(37)6-3/h6,8-11,13-19H,3-5,7,12H2,1-2H3/b31-23+. The highest BCUT2D eigenvalue weighted by Gasteiger charge is 2.21. The van der Waals surface area contributed by atoms with Gasteiger partial charge in [0.2, 0.25) is 5.91 Å². The molecule has 0 spiro atoms. The number of nitrogens with zero attached hydrogens (tertiary/aromatic N) is 2. The van der Waals surface area contributed by atoms with Gasteiger partial charge in [0.25, 0.3) is 0 Å². The molecule has 1 heterocycles. The Morgan fingerprint density at radius 1 is 1.08 bits per heavy atom. The van der Waals surface area contributed by atoms with Crippen LogP contribution < -0.4 is 4.74 Å². The number of hydrogen-bond acceptors (Lipinski definition) is 4. The van der Waals surface area contributed by atoms with Crippen LogP contribution in [0.15, 0.2) is 79.5 Å². The first-order valence-electron chi connectivity index (χ1n) is 12.5. The minimum atomic E-state index is -0.586. The monoisotopic (exact) mass is 530 g/mol. The number of halogens is 2. The van der Waals surface area contributed by atoms with E-state index in [-0.39, 0.29) is 10.9 Å². The van der Waals surface area contributed by atoms with Gasteiger partial charge in [0, 0.05) is 23.4 Å². The normalized spacial score (nSPS) is 11.8. The van der Waals surface area contributed by atoms with Gasteiger partial charge in [0.05, 0.1) is 16.7 Å². The Morgan fingerprint density at radius 3 is 2.58 bits per heavy atom. The molecule has 7 heteroatoms. The summed E-state index contributed by atoms with van der Waals surface area (Å²) in [6, 6.07) is 17.2. The topological polar surface area (TPSA) is 61.2 Å². The van der Waals surface area contributed by atoms with Crippen molar-refractivity contribution in [2.75, 3.05) is 0 Å². The van der Waals surface area contributed by atoms with Crippen LogP contribution in [-0.2, 0) is 4.79 Å². The fourth-order valence-electron chi connectivity index (χ4n) is 4.46. The molecule has 0 bridgehead atoms. The van der Waals surface area contributed by atoms with E-state index in [1.54, 1.807) is 24.4 Å². The molecule has 0 unspecified atom stereocenters. The summed E-state index contributed by atoms with van der Waals surface area (Å²) in [7, 11) is 0. The summed E-state index contributed by atoms with van der Waals surface area (Å²) < 4.78 is 21.0. The first-order chi connectivity index (χ1) is 18.4. The van der Waals surface area contributed by atoms with Gasteiger partial charge >= 0.3 is 5.97 Å². The third-order valence-electron chi connectivity index (χ3n) is 6.28. The van der Waals surface area contributed by atoms with Crippen molar-refractivity contribution in [1.29, 1.82) is 0 Å². The second-order valence-corrected chi connectivity index (χ2v) is 9.19. The van der Waals surface area contributed by atoms with E-state index in [0.717, 1.165) is 41.0 Å². The van der Waals surface area contributed by atoms with Gasteiger partial charge in [-0.3, -0.25) is 4.79 Å². The lowest BCUT2D eigenvalue weighted by molar-refractivity contribution is -0.128. The summed E-state index contributed by atoms with van der Waals surface area (Å²) in [4.78, 5) is 24.8. The SMILES string of the molecule is C=CC(=O)Oc1ccccc1/C(=C(\CC)c1ccc(F)cc1Cl)c1ccc2c(cnn2C(=O)CCCC)c1. The summed E-state index contributed by atoms with van der Waals surface area (Å²) in [6.45, 7) is 7.52. The van der Waals surface area contributed by atoms with Crippen LogP contribution in [0.1, 0.15) is 61.0 Å². The van der Waals surface area contributed by atoms with Crippen molar-refractivity contribution in [2.24, 2.45) is 0 Å². The number of aromatic nitrogens is 2. The lowest BCUT2D eigenvalue weighted by Crippen LogP contribution is -2.11. The molecule has 1 aromatic heterocycles. The maximum atomic E-state index is 13.9. The zero-order chi connectivity index (χ0) is 27.2. The van der Waals surface area contributed by atoms with Crippen molar-refractivity contribution < 1.29 is 18.7 Å². The fraction of sp³-hybridized carbons (Fsp3) is 0.194. The van der Waals surface area contributed by atoms with E-state index in [2.05, 4.69) is 11.7 Å². The Kier molecular flexibility index (Phi) is 8.54. The molecule has 0 amide bonds. The molecule has 0 saturated carbocycles. The van der Waals surface area contributed by atoms with Crippen LogP contribution >= 0.6 is 11.6 Å². The van der Waals surface area contributed by atoms with E-state index in [4.69, 9.17) is 16.3 Å². The average Bonchev–Trinajstić information content (AvgIpc) is 3.34. The highest BCUT2D eigenvalue weighted by atomic mass is 35.5. The molecule has 4 aromatic rings. The number of benzene rings is 3. The number of hydrogen-bond donors (Lipinski definition) is 0. The third kappa shape index (κ3) is 5.60. The van der Waals surface area contributed by atoms with Crippen LogP contribution in [0.2, 0.25) is 5.02 Å². The lowest BCUT2D eigenvalue weighted by Gasteiger charge is -2.19. The van der Waals surface area contributed by atoms with Crippen molar-refractivity contribution in [3.8, 4) is 5.75 Å². The number of rotatable bonds is 9. The summed E-state index contributed by atoms with van der Waals surface area (Å²) in [6.07, 6.45) is 5.46. The Morgan fingerprint density at radius 2 is 1.87 bits per heavy atom. The van der Waals surface area contributed by atoms with Crippen LogP contribution in [0, 0.1) is 5.82 Å². The first-order valence-corrected chi connectivity index (χ1v) is 12.9. The molecule has 0 N–H and O–H groups in total. The number of allylic oxidation sites excluding steroid dienone is 1. The average molecular weight is 531 g/mol. The molecule has 4 rings (SSSR count). The minimum Gasteiger partial charge on any atom is -0.423 e. The first kappa shape index (κ1) is 27.0. The molecule has 0 saturated heterocycles. The smallest absolute Gasteiger partial charge is 0.335 e. The second-order valence-electron chi connectivity index (χ2n) is 8.78. The van der Waals surface area contributed by atoms with E-state index in [1.807, 2.05) is 44.2 Å². The molecule has 0 aliphatic heterocycles. The summed E-state index contributed by atoms with van der Waals surface area (Å²) in [5, 5.41) is 5.40. The number of ether oxygens (including phenoxy) is 1. The molecule has 5 nitrogen and oxygen atoms in total. The van der Waals surface area contributed by atoms with Crippen LogP contribution in [-0.4, -0.2) is 21.7 Å². The van der Waals surface area contributed by atoms with Crippen LogP contribution in [0.4, 0.5) is 4.39 Å². The lowest BCUT2D eigenvalue weighted by atomic mass is 9.87. The second kappa shape index (κ2) is 12.0. The summed E-state index contributed by atoms with van der Waals surface area (Å²) in [5.74, 6) is -0.726. The van der Waals surface area contributed by atoms with Crippen LogP contribution in [0.25, 0.3) is 22.0 Å². The van der Waals surface area contributed by atoms with Crippen LogP contribution in [0.3, 0.4) is 0 Å². The number of esters is 1. The van der Waals surface area contributed by atoms with Crippen LogP contribution in [0.5, 0.6) is 5.75 Å². The number of carbonyl (C=O) groups is 2. The number of fused-ring (bicyclic) bond motifs is 1. The Bertz CT molecular complexity index is 1550. The largest absolute Gasteiger partial charge is 0.423 e. The van der Waals surface area contributed by atoms with Gasteiger partial charge in [-0.1, -0.05) is 68.8 Å². The third-order valence-corrected chi connectivity index (χ3v) is 6.60. The van der Waals surface area contributed by atoms with Gasteiger partial charge in [-0.05, 0) is 65.4 Å². The molecular formula is C31H28ClFN2O3. The van der Waals surface area contributed by atoms with Gasteiger partial charge in [-0.2, -0.15) is 5.10 Å². The number of carbonyl (C=O) groups excluding carboxylic acids is 2. The van der Waals surface area contributed by atoms with Crippen molar-refractivity contribution >= 4 is 45.5 Å².